The summed E-state index contributed by atoms with van der Waals surface area (Å²) in [6.45, 7) is 0. The Kier molecular flexibility index (Phi) is 4.39. The molecule has 0 aliphatic heterocycles. The van der Waals surface area contributed by atoms with E-state index in [1.54, 1.807) is 12.3 Å². The Morgan fingerprint density at radius 1 is 1.33 bits per heavy atom. The van der Waals surface area contributed by atoms with E-state index >= 15 is 0 Å². The van der Waals surface area contributed by atoms with Crippen LogP contribution in [0.15, 0.2) is 24.4 Å². The highest BCUT2D eigenvalue weighted by molar-refractivity contribution is 5.25. The van der Waals surface area contributed by atoms with Gasteiger partial charge in [0.05, 0.1) is 0 Å². The Morgan fingerprint density at radius 2 is 2.00 bits per heavy atom. The molecule has 1 aromatic rings. The third-order valence-corrected chi connectivity index (χ3v) is 0.688. The molecule has 5 N–H and O–H groups in total. The Morgan fingerprint density at radius 3 is 2.22 bits per heavy atom. The van der Waals surface area contributed by atoms with Crippen LogP contribution in [0.25, 0.3) is 0 Å². The van der Waals surface area contributed by atoms with Gasteiger partial charge in [0.15, 0.2) is 0 Å². The molecule has 0 unspecified atom stereocenters. The monoisotopic (exact) mass is 127 g/mol. The second-order valence-electron chi connectivity index (χ2n) is 1.25. The van der Waals surface area contributed by atoms with Crippen LogP contribution in [0.3, 0.4) is 0 Å². The van der Waals surface area contributed by atoms with Crippen LogP contribution in [0, 0.1) is 0 Å². The van der Waals surface area contributed by atoms with Gasteiger partial charge in [0.2, 0.25) is 0 Å². The predicted octanol–water partition coefficient (Wildman–Crippen LogP) is -0.00190. The Labute approximate surface area is 53.1 Å². The molecule has 1 rings (SSSR count). The second kappa shape index (κ2) is 5.02. The van der Waals surface area contributed by atoms with Crippen LogP contribution in [0.4, 0.5) is 5.82 Å². The lowest BCUT2D eigenvalue weighted by atomic mass is 10.5. The molecule has 0 bridgehead atoms. The molecule has 0 aliphatic carbocycles. The largest absolute Gasteiger partial charge is 0.384 e. The van der Waals surface area contributed by atoms with Crippen molar-refractivity contribution >= 4 is 5.82 Å². The summed E-state index contributed by atoms with van der Waals surface area (Å²) < 4.78 is 0. The smallest absolute Gasteiger partial charge is 0.123 e. The molecule has 0 spiro atoms. The molecule has 0 fully saturated rings. The van der Waals surface area contributed by atoms with E-state index in [0.29, 0.717) is 5.82 Å². The van der Waals surface area contributed by atoms with Gasteiger partial charge in [-0.2, -0.15) is 0 Å². The van der Waals surface area contributed by atoms with Crippen LogP contribution in [0.1, 0.15) is 0 Å². The fraction of sp³-hybridized carbons (Fsp3) is 0. The highest BCUT2D eigenvalue weighted by Gasteiger charge is 1.73. The first-order chi connectivity index (χ1) is 4.39. The van der Waals surface area contributed by atoms with Crippen molar-refractivity contribution in [2.75, 3.05) is 5.73 Å². The van der Waals surface area contributed by atoms with Crippen molar-refractivity contribution in [3.8, 4) is 0 Å². The lowest BCUT2D eigenvalue weighted by Crippen LogP contribution is -1.85. The number of nitrogen functional groups attached to an aromatic ring is 1. The quantitative estimate of drug-likeness (QED) is 0.428. The van der Waals surface area contributed by atoms with Crippen molar-refractivity contribution in [3.05, 3.63) is 24.4 Å². The predicted molar refractivity (Wildman–Crippen MR) is 34.6 cm³/mol. The molecular weight excluding hydrogens is 118 g/mol. The average Bonchev–Trinajstić information content (AvgIpc) is 1.94. The molecule has 9 heavy (non-hydrogen) atoms. The van der Waals surface area contributed by atoms with Crippen LogP contribution in [-0.2, 0) is 0 Å². The summed E-state index contributed by atoms with van der Waals surface area (Å²) >= 11 is 0. The number of hydrogen-bond donors (Lipinski definition) is 3. The Bertz CT molecular complexity index is 142. The normalized spacial score (nSPS) is 7.33. The van der Waals surface area contributed by atoms with Gasteiger partial charge in [0.25, 0.3) is 0 Å². The van der Waals surface area contributed by atoms with E-state index in [1.807, 2.05) is 12.1 Å². The summed E-state index contributed by atoms with van der Waals surface area (Å²) in [6.07, 6.45) is 1.66. The first-order valence-electron chi connectivity index (χ1n) is 2.32. The molecular formula is C5H9N3O. The van der Waals surface area contributed by atoms with Crippen LogP contribution in [-0.4, -0.2) is 10.2 Å². The topological polar surface area (TPSA) is 85.2 Å². The Balaban J connectivity index is 0.000000291. The molecule has 0 atom stereocenters. The van der Waals surface area contributed by atoms with E-state index in [2.05, 4.69) is 10.9 Å². The number of nitrogens with zero attached hydrogens (tertiary/aromatic N) is 1. The molecule has 4 nitrogen and oxygen atoms in total. The van der Waals surface area contributed by atoms with E-state index in [1.165, 1.54) is 0 Å². The minimum Gasteiger partial charge on any atom is -0.384 e. The van der Waals surface area contributed by atoms with Gasteiger partial charge < -0.3 is 10.9 Å². The molecule has 4 heteroatoms. The zero-order valence-electron chi connectivity index (χ0n) is 4.86. The maximum absolute atomic E-state index is 6.50. The zero-order valence-corrected chi connectivity index (χ0v) is 4.86. The van der Waals surface area contributed by atoms with Crippen molar-refractivity contribution in [2.24, 2.45) is 5.90 Å². The minimum absolute atomic E-state index is 0.572. The van der Waals surface area contributed by atoms with Crippen molar-refractivity contribution in [1.29, 1.82) is 0 Å². The number of pyridine rings is 1. The SMILES string of the molecule is NO.Nc1ccccn1. The van der Waals surface area contributed by atoms with E-state index in [4.69, 9.17) is 10.9 Å². The highest BCUT2D eigenvalue weighted by atomic mass is 16.4. The van der Waals surface area contributed by atoms with E-state index in [9.17, 15) is 0 Å². The number of anilines is 1. The van der Waals surface area contributed by atoms with Crippen molar-refractivity contribution in [2.45, 2.75) is 0 Å². The van der Waals surface area contributed by atoms with E-state index in [-0.39, 0.29) is 0 Å². The van der Waals surface area contributed by atoms with Crippen molar-refractivity contribution in [3.63, 3.8) is 0 Å². The van der Waals surface area contributed by atoms with Gasteiger partial charge in [-0.3, -0.25) is 0 Å². The van der Waals surface area contributed by atoms with E-state index < -0.39 is 0 Å². The first kappa shape index (κ1) is 7.87. The van der Waals surface area contributed by atoms with Gasteiger partial charge in [-0.1, -0.05) is 6.07 Å². The third-order valence-electron chi connectivity index (χ3n) is 0.688. The summed E-state index contributed by atoms with van der Waals surface area (Å²) in [5, 5.41) is 6.50. The second-order valence-corrected chi connectivity index (χ2v) is 1.25. The van der Waals surface area contributed by atoms with Gasteiger partial charge in [-0.05, 0) is 12.1 Å². The molecule has 0 radical (unpaired) electrons. The molecule has 0 aliphatic rings. The Hall–Kier alpha value is -1.13. The molecule has 0 aromatic carbocycles. The molecule has 0 saturated carbocycles. The molecule has 0 amide bonds. The van der Waals surface area contributed by atoms with Crippen LogP contribution in [0.5, 0.6) is 0 Å². The standard InChI is InChI=1S/C5H6N2.H3NO/c6-5-3-1-2-4-7-5;1-2/h1-4H,(H2,6,7);2H,1H2. The summed E-state index contributed by atoms with van der Waals surface area (Å²) in [7, 11) is 0. The van der Waals surface area contributed by atoms with Crippen molar-refractivity contribution < 1.29 is 5.21 Å². The van der Waals surface area contributed by atoms with Gasteiger partial charge in [0.1, 0.15) is 5.82 Å². The maximum atomic E-state index is 6.50. The summed E-state index contributed by atoms with van der Waals surface area (Å²) in [5.41, 5.74) is 5.25. The number of nitrogens with two attached hydrogens (primary N) is 2. The van der Waals surface area contributed by atoms with Gasteiger partial charge in [0, 0.05) is 6.20 Å². The number of rotatable bonds is 0. The van der Waals surface area contributed by atoms with Crippen LogP contribution >= 0.6 is 0 Å². The lowest BCUT2D eigenvalue weighted by molar-refractivity contribution is 0.311. The molecule has 1 aromatic heterocycles. The average molecular weight is 127 g/mol. The highest BCUT2D eigenvalue weighted by Crippen LogP contribution is 1.89. The molecule has 1 heterocycles. The fourth-order valence-corrected chi connectivity index (χ4v) is 0.376. The molecule has 0 saturated heterocycles. The lowest BCUT2D eigenvalue weighted by Gasteiger charge is -1.82. The third kappa shape index (κ3) is 3.45. The molecule has 50 valence electrons. The summed E-state index contributed by atoms with van der Waals surface area (Å²) in [4.78, 5) is 3.76. The first-order valence-corrected chi connectivity index (χ1v) is 2.32. The van der Waals surface area contributed by atoms with E-state index in [0.717, 1.165) is 0 Å². The minimum atomic E-state index is 0.572. The van der Waals surface area contributed by atoms with Gasteiger partial charge in [-0.15, -0.1) is 0 Å². The van der Waals surface area contributed by atoms with Crippen molar-refractivity contribution in [1.82, 2.24) is 4.98 Å². The maximum Gasteiger partial charge on any atom is 0.123 e. The van der Waals surface area contributed by atoms with Crippen LogP contribution in [0.2, 0.25) is 0 Å². The number of aromatic nitrogens is 1. The van der Waals surface area contributed by atoms with Gasteiger partial charge >= 0.3 is 0 Å². The number of hydrogen-bond acceptors (Lipinski definition) is 4. The summed E-state index contributed by atoms with van der Waals surface area (Å²) in [6, 6.07) is 5.43. The summed E-state index contributed by atoms with van der Waals surface area (Å²) in [5.74, 6) is 4.07. The van der Waals surface area contributed by atoms with Gasteiger partial charge in [-0.25, -0.2) is 10.9 Å². The van der Waals surface area contributed by atoms with Crippen LogP contribution < -0.4 is 11.6 Å². The fourth-order valence-electron chi connectivity index (χ4n) is 0.376. The zero-order chi connectivity index (χ0) is 7.11.